The third-order valence-electron chi connectivity index (χ3n) is 6.41. The van der Waals surface area contributed by atoms with Gasteiger partial charge in [0.15, 0.2) is 0 Å². The number of benzene rings is 1. The lowest BCUT2D eigenvalue weighted by molar-refractivity contribution is -0.117. The highest BCUT2D eigenvalue weighted by atomic mass is 16.5. The van der Waals surface area contributed by atoms with Crippen LogP contribution in [0.2, 0.25) is 0 Å². The van der Waals surface area contributed by atoms with E-state index in [9.17, 15) is 10.1 Å². The van der Waals surface area contributed by atoms with Gasteiger partial charge in [0, 0.05) is 38.1 Å². The Morgan fingerprint density at radius 2 is 2.00 bits per heavy atom. The second-order valence-electron chi connectivity index (χ2n) is 8.96. The zero-order chi connectivity index (χ0) is 24.7. The number of carbonyl (C=O) groups excluding carboxylic acids is 1. The third kappa shape index (κ3) is 6.15. The Bertz CT molecular complexity index is 1060. The third-order valence-corrected chi connectivity index (χ3v) is 6.41. The van der Waals surface area contributed by atoms with Crippen molar-refractivity contribution < 1.29 is 14.3 Å². The fourth-order valence-corrected chi connectivity index (χ4v) is 4.76. The van der Waals surface area contributed by atoms with Gasteiger partial charge in [-0.15, -0.1) is 0 Å². The Balaban J connectivity index is 1.79. The number of hydrogen-bond donors (Lipinski definition) is 1. The molecule has 0 saturated carbocycles. The van der Waals surface area contributed by atoms with Crippen molar-refractivity contribution in [2.45, 2.75) is 39.8 Å². The number of amides is 1. The van der Waals surface area contributed by atoms with Crippen molar-refractivity contribution in [2.75, 3.05) is 46.6 Å². The van der Waals surface area contributed by atoms with E-state index in [-0.39, 0.29) is 23.6 Å². The summed E-state index contributed by atoms with van der Waals surface area (Å²) >= 11 is 0. The van der Waals surface area contributed by atoms with Gasteiger partial charge in [0.1, 0.15) is 11.6 Å². The number of ether oxygens (including phenoxy) is 2. The zero-order valence-electron chi connectivity index (χ0n) is 20.9. The fraction of sp³-hybridized carbons (Fsp3) is 0.481. The number of nitrogens with zero attached hydrogens (tertiary/aromatic N) is 3. The van der Waals surface area contributed by atoms with Crippen LogP contribution in [0.5, 0.6) is 0 Å². The largest absolute Gasteiger partial charge is 0.383 e. The summed E-state index contributed by atoms with van der Waals surface area (Å²) in [5.41, 5.74) is 5.38. The van der Waals surface area contributed by atoms with Crippen LogP contribution in [0.15, 0.2) is 35.9 Å². The van der Waals surface area contributed by atoms with Gasteiger partial charge in [0.25, 0.3) is 5.91 Å². The molecule has 1 amide bonds. The van der Waals surface area contributed by atoms with Crippen molar-refractivity contribution in [1.82, 2.24) is 14.8 Å². The molecule has 7 nitrogen and oxygen atoms in total. The van der Waals surface area contributed by atoms with E-state index in [0.717, 1.165) is 35.6 Å². The molecule has 1 aliphatic rings. The molecule has 1 N–H and O–H groups in total. The molecular formula is C27H36N4O3. The molecule has 1 aromatic heterocycles. The molecule has 2 aromatic rings. The molecule has 0 bridgehead atoms. The van der Waals surface area contributed by atoms with Crippen molar-refractivity contribution in [3.63, 3.8) is 0 Å². The van der Waals surface area contributed by atoms with E-state index in [4.69, 9.17) is 9.47 Å². The SMILES string of the molecule is COCC(C)n1c(C)cc(/C=C(/C#N)C(=O)NCC(c2cccc(C)c2)N2CCOCC2)c1C. The summed E-state index contributed by atoms with van der Waals surface area (Å²) in [4.78, 5) is 15.4. The number of methoxy groups -OCH3 is 1. The summed E-state index contributed by atoms with van der Waals surface area (Å²) in [6, 6.07) is 12.6. The standard InChI is InChI=1S/C27H36N4O3/c1-19-7-6-8-23(13-19)26(30-9-11-34-12-10-30)17-29-27(32)25(16-28)15-24-14-20(2)31(22(24)4)21(3)18-33-5/h6-8,13-15,21,26H,9-12,17-18H2,1-5H3,(H,29,32)/b25-15-. The molecule has 3 rings (SSSR count). The second-order valence-corrected chi connectivity index (χ2v) is 8.96. The van der Waals surface area contributed by atoms with Gasteiger partial charge in [-0.2, -0.15) is 5.26 Å². The van der Waals surface area contributed by atoms with E-state index in [1.165, 1.54) is 5.56 Å². The number of carbonyl (C=O) groups is 1. The summed E-state index contributed by atoms with van der Waals surface area (Å²) in [5.74, 6) is -0.358. The zero-order valence-corrected chi connectivity index (χ0v) is 20.9. The highest BCUT2D eigenvalue weighted by Crippen LogP contribution is 2.24. The Labute approximate surface area is 203 Å². The number of aryl methyl sites for hydroxylation is 2. The minimum atomic E-state index is -0.358. The molecular weight excluding hydrogens is 428 g/mol. The average molecular weight is 465 g/mol. The molecule has 0 radical (unpaired) electrons. The van der Waals surface area contributed by atoms with Crippen LogP contribution in [-0.4, -0.2) is 61.9 Å². The fourth-order valence-electron chi connectivity index (χ4n) is 4.76. The molecule has 7 heteroatoms. The lowest BCUT2D eigenvalue weighted by Crippen LogP contribution is -2.44. The highest BCUT2D eigenvalue weighted by Gasteiger charge is 2.24. The molecule has 34 heavy (non-hydrogen) atoms. The number of rotatable bonds is 9. The first-order valence-electron chi connectivity index (χ1n) is 11.8. The van der Waals surface area contributed by atoms with Crippen LogP contribution in [0.4, 0.5) is 0 Å². The predicted molar refractivity (Wildman–Crippen MR) is 133 cm³/mol. The molecule has 2 unspecified atom stereocenters. The minimum absolute atomic E-state index is 0.0210. The van der Waals surface area contributed by atoms with Crippen LogP contribution in [-0.2, 0) is 14.3 Å². The number of aromatic nitrogens is 1. The van der Waals surface area contributed by atoms with E-state index in [1.807, 2.05) is 26.0 Å². The Hall–Kier alpha value is -2.92. The highest BCUT2D eigenvalue weighted by molar-refractivity contribution is 6.01. The first kappa shape index (κ1) is 25.7. The van der Waals surface area contributed by atoms with E-state index in [1.54, 1.807) is 13.2 Å². The molecule has 1 aromatic carbocycles. The first-order chi connectivity index (χ1) is 16.3. The monoisotopic (exact) mass is 464 g/mol. The maximum Gasteiger partial charge on any atom is 0.262 e. The van der Waals surface area contributed by atoms with Crippen LogP contribution >= 0.6 is 0 Å². The average Bonchev–Trinajstić information content (AvgIpc) is 3.11. The van der Waals surface area contributed by atoms with Gasteiger partial charge in [-0.3, -0.25) is 9.69 Å². The van der Waals surface area contributed by atoms with Gasteiger partial charge in [-0.25, -0.2) is 0 Å². The van der Waals surface area contributed by atoms with Crippen molar-refractivity contribution in [3.05, 3.63) is 64.0 Å². The first-order valence-corrected chi connectivity index (χ1v) is 11.8. The molecule has 2 atom stereocenters. The molecule has 0 aliphatic carbocycles. The number of hydrogen-bond acceptors (Lipinski definition) is 5. The summed E-state index contributed by atoms with van der Waals surface area (Å²) in [5, 5.41) is 12.8. The lowest BCUT2D eigenvalue weighted by atomic mass is 10.0. The molecule has 0 spiro atoms. The molecule has 1 saturated heterocycles. The van der Waals surface area contributed by atoms with Crippen LogP contribution in [0, 0.1) is 32.1 Å². The molecule has 2 heterocycles. The van der Waals surface area contributed by atoms with Crippen LogP contribution in [0.3, 0.4) is 0 Å². The quantitative estimate of drug-likeness (QED) is 0.452. The maximum atomic E-state index is 13.0. The Morgan fingerprint density at radius 3 is 2.65 bits per heavy atom. The normalized spacial score (nSPS) is 16.6. The van der Waals surface area contributed by atoms with Gasteiger partial charge in [0.2, 0.25) is 0 Å². The van der Waals surface area contributed by atoms with E-state index in [0.29, 0.717) is 26.4 Å². The molecule has 1 aliphatic heterocycles. The van der Waals surface area contributed by atoms with Crippen molar-refractivity contribution in [3.8, 4) is 6.07 Å². The van der Waals surface area contributed by atoms with Crippen molar-refractivity contribution >= 4 is 12.0 Å². The van der Waals surface area contributed by atoms with Crippen LogP contribution < -0.4 is 5.32 Å². The maximum absolute atomic E-state index is 13.0. The number of nitriles is 1. The summed E-state index contributed by atoms with van der Waals surface area (Å²) in [7, 11) is 1.69. The van der Waals surface area contributed by atoms with Crippen molar-refractivity contribution in [2.24, 2.45) is 0 Å². The van der Waals surface area contributed by atoms with Crippen LogP contribution in [0.1, 0.15) is 47.1 Å². The smallest absolute Gasteiger partial charge is 0.262 e. The topological polar surface area (TPSA) is 79.5 Å². The van der Waals surface area contributed by atoms with Gasteiger partial charge in [0.05, 0.1) is 31.9 Å². The second kappa shape index (κ2) is 12.0. The number of nitrogens with one attached hydrogen (secondary N) is 1. The van der Waals surface area contributed by atoms with E-state index >= 15 is 0 Å². The van der Waals surface area contributed by atoms with E-state index < -0.39 is 0 Å². The van der Waals surface area contributed by atoms with Crippen LogP contribution in [0.25, 0.3) is 6.08 Å². The van der Waals surface area contributed by atoms with E-state index in [2.05, 4.69) is 52.9 Å². The Kier molecular flexibility index (Phi) is 9.05. The summed E-state index contributed by atoms with van der Waals surface area (Å²) in [6.07, 6.45) is 1.68. The molecule has 182 valence electrons. The lowest BCUT2D eigenvalue weighted by Gasteiger charge is -2.35. The molecule has 1 fully saturated rings. The predicted octanol–water partition coefficient (Wildman–Crippen LogP) is 3.72. The van der Waals surface area contributed by atoms with Crippen molar-refractivity contribution in [1.29, 1.82) is 5.26 Å². The minimum Gasteiger partial charge on any atom is -0.383 e. The summed E-state index contributed by atoms with van der Waals surface area (Å²) in [6.45, 7) is 12.2. The number of morpholine rings is 1. The van der Waals surface area contributed by atoms with Gasteiger partial charge in [-0.1, -0.05) is 29.8 Å². The summed E-state index contributed by atoms with van der Waals surface area (Å²) < 4.78 is 13.0. The Morgan fingerprint density at radius 1 is 1.26 bits per heavy atom. The van der Waals surface area contributed by atoms with Gasteiger partial charge >= 0.3 is 0 Å². The van der Waals surface area contributed by atoms with Gasteiger partial charge < -0.3 is 19.4 Å². The van der Waals surface area contributed by atoms with Gasteiger partial charge in [-0.05, 0) is 51.0 Å².